The Kier molecular flexibility index (Phi) is 7.66. The molecule has 0 heterocycles. The number of carbonyl (C=O) groups is 1. The molecule has 1 aliphatic rings. The summed E-state index contributed by atoms with van der Waals surface area (Å²) in [6, 6.07) is -0.148. The smallest absolute Gasteiger partial charge is 0.222 e. The van der Waals surface area contributed by atoms with Crippen LogP contribution in [0.5, 0.6) is 0 Å². The van der Waals surface area contributed by atoms with Gasteiger partial charge in [-0.3, -0.25) is 4.79 Å². The SMILES string of the molecule is CN(C(=O)CCCCCCN)C1CCCCC1S(C)(=O)=O. The highest BCUT2D eigenvalue weighted by molar-refractivity contribution is 7.91. The predicted molar refractivity (Wildman–Crippen MR) is 85.8 cm³/mol. The average Bonchev–Trinajstić information content (AvgIpc) is 2.45. The van der Waals surface area contributed by atoms with E-state index in [2.05, 4.69) is 0 Å². The first-order valence-corrected chi connectivity index (χ1v) is 9.98. The van der Waals surface area contributed by atoms with Crippen LogP contribution >= 0.6 is 0 Å². The summed E-state index contributed by atoms with van der Waals surface area (Å²) in [7, 11) is -1.33. The van der Waals surface area contributed by atoms with Gasteiger partial charge >= 0.3 is 0 Å². The van der Waals surface area contributed by atoms with Crippen molar-refractivity contribution in [1.82, 2.24) is 4.90 Å². The number of nitrogens with zero attached hydrogens (tertiary/aromatic N) is 1. The van der Waals surface area contributed by atoms with Crippen LogP contribution in [0.4, 0.5) is 0 Å². The zero-order valence-electron chi connectivity index (χ0n) is 13.4. The number of hydrogen-bond acceptors (Lipinski definition) is 4. The van der Waals surface area contributed by atoms with E-state index in [4.69, 9.17) is 5.73 Å². The van der Waals surface area contributed by atoms with Crippen LogP contribution in [-0.4, -0.2) is 50.4 Å². The summed E-state index contributed by atoms with van der Waals surface area (Å²) in [5.41, 5.74) is 5.44. The van der Waals surface area contributed by atoms with Gasteiger partial charge in [0, 0.05) is 25.8 Å². The van der Waals surface area contributed by atoms with Gasteiger partial charge in [0.1, 0.15) is 0 Å². The van der Waals surface area contributed by atoms with Crippen molar-refractivity contribution in [3.8, 4) is 0 Å². The lowest BCUT2D eigenvalue weighted by Gasteiger charge is -2.37. The number of sulfone groups is 1. The van der Waals surface area contributed by atoms with Crippen molar-refractivity contribution in [2.75, 3.05) is 19.8 Å². The molecule has 2 N–H and O–H groups in total. The fourth-order valence-electron chi connectivity index (χ4n) is 3.16. The molecule has 0 aliphatic heterocycles. The molecule has 124 valence electrons. The Balaban J connectivity index is 2.51. The van der Waals surface area contributed by atoms with Crippen molar-refractivity contribution in [2.45, 2.75) is 69.1 Å². The fraction of sp³-hybridized carbons (Fsp3) is 0.933. The van der Waals surface area contributed by atoms with Gasteiger partial charge in [-0.25, -0.2) is 8.42 Å². The minimum Gasteiger partial charge on any atom is -0.341 e. The number of rotatable bonds is 8. The van der Waals surface area contributed by atoms with Gasteiger partial charge in [0.2, 0.25) is 5.91 Å². The van der Waals surface area contributed by atoms with Crippen LogP contribution in [0.3, 0.4) is 0 Å². The molecule has 0 aromatic rings. The molecular weight excluding hydrogens is 288 g/mol. The normalized spacial score (nSPS) is 23.0. The Bertz CT molecular complexity index is 423. The highest BCUT2D eigenvalue weighted by atomic mass is 32.2. The maximum absolute atomic E-state index is 12.3. The number of amides is 1. The molecule has 0 aromatic heterocycles. The van der Waals surface area contributed by atoms with Crippen LogP contribution in [0.15, 0.2) is 0 Å². The maximum atomic E-state index is 12.3. The number of unbranched alkanes of at least 4 members (excludes halogenated alkanes) is 3. The molecule has 1 amide bonds. The monoisotopic (exact) mass is 318 g/mol. The van der Waals surface area contributed by atoms with E-state index in [1.165, 1.54) is 6.26 Å². The quantitative estimate of drug-likeness (QED) is 0.691. The molecule has 1 saturated carbocycles. The third kappa shape index (κ3) is 5.94. The van der Waals surface area contributed by atoms with E-state index in [1.54, 1.807) is 11.9 Å². The lowest BCUT2D eigenvalue weighted by molar-refractivity contribution is -0.132. The van der Waals surface area contributed by atoms with E-state index in [0.717, 1.165) is 44.9 Å². The molecule has 5 nitrogen and oxygen atoms in total. The molecule has 2 unspecified atom stereocenters. The minimum absolute atomic E-state index is 0.0725. The Hall–Kier alpha value is -0.620. The summed E-state index contributed by atoms with van der Waals surface area (Å²) >= 11 is 0. The van der Waals surface area contributed by atoms with Crippen LogP contribution in [0.1, 0.15) is 57.8 Å². The summed E-state index contributed by atoms with van der Waals surface area (Å²) in [4.78, 5) is 13.9. The van der Waals surface area contributed by atoms with Crippen LogP contribution in [0.2, 0.25) is 0 Å². The van der Waals surface area contributed by atoms with Gasteiger partial charge in [0.05, 0.1) is 5.25 Å². The van der Waals surface area contributed by atoms with Crippen molar-refractivity contribution in [3.63, 3.8) is 0 Å². The van der Waals surface area contributed by atoms with Crippen molar-refractivity contribution >= 4 is 15.7 Å². The van der Waals surface area contributed by atoms with Gasteiger partial charge in [0.15, 0.2) is 9.84 Å². The number of hydrogen-bond donors (Lipinski definition) is 1. The molecule has 1 aliphatic carbocycles. The Morgan fingerprint density at radius 1 is 1.14 bits per heavy atom. The van der Waals surface area contributed by atoms with Crippen LogP contribution < -0.4 is 5.73 Å². The molecule has 0 radical (unpaired) electrons. The maximum Gasteiger partial charge on any atom is 0.222 e. The predicted octanol–water partition coefficient (Wildman–Crippen LogP) is 1.71. The first-order valence-electron chi connectivity index (χ1n) is 8.02. The Labute approximate surface area is 129 Å². The van der Waals surface area contributed by atoms with Crippen molar-refractivity contribution < 1.29 is 13.2 Å². The second-order valence-electron chi connectivity index (χ2n) is 6.18. The molecular formula is C15H30N2O3S. The van der Waals surface area contributed by atoms with Gasteiger partial charge in [-0.1, -0.05) is 25.7 Å². The molecule has 0 spiro atoms. The first kappa shape index (κ1) is 18.4. The van der Waals surface area contributed by atoms with Gasteiger partial charge in [0.25, 0.3) is 0 Å². The molecule has 21 heavy (non-hydrogen) atoms. The summed E-state index contributed by atoms with van der Waals surface area (Å²) in [6.45, 7) is 0.700. The van der Waals surface area contributed by atoms with Crippen LogP contribution in [0, 0.1) is 0 Å². The molecule has 0 saturated heterocycles. The lowest BCUT2D eigenvalue weighted by Crippen LogP contribution is -2.49. The minimum atomic E-state index is -3.09. The van der Waals surface area contributed by atoms with E-state index >= 15 is 0 Å². The summed E-state index contributed by atoms with van der Waals surface area (Å²) in [6.07, 6.45) is 9.15. The second-order valence-corrected chi connectivity index (χ2v) is 8.44. The van der Waals surface area contributed by atoms with Crippen molar-refractivity contribution in [2.24, 2.45) is 5.73 Å². The Morgan fingerprint density at radius 3 is 2.38 bits per heavy atom. The summed E-state index contributed by atoms with van der Waals surface area (Å²) in [5, 5.41) is -0.391. The van der Waals surface area contributed by atoms with Crippen LogP contribution in [0.25, 0.3) is 0 Å². The lowest BCUT2D eigenvalue weighted by atomic mass is 9.93. The topological polar surface area (TPSA) is 80.5 Å². The van der Waals surface area contributed by atoms with Gasteiger partial charge in [-0.2, -0.15) is 0 Å². The number of nitrogens with two attached hydrogens (primary N) is 1. The summed E-state index contributed by atoms with van der Waals surface area (Å²) < 4.78 is 23.8. The third-order valence-corrected chi connectivity index (χ3v) is 6.10. The van der Waals surface area contributed by atoms with E-state index in [9.17, 15) is 13.2 Å². The fourth-order valence-corrected chi connectivity index (χ4v) is 4.64. The molecule has 0 aromatic carbocycles. The van der Waals surface area contributed by atoms with Gasteiger partial charge < -0.3 is 10.6 Å². The molecule has 0 bridgehead atoms. The van der Waals surface area contributed by atoms with E-state index in [0.29, 0.717) is 19.4 Å². The molecule has 6 heteroatoms. The van der Waals surface area contributed by atoms with E-state index in [-0.39, 0.29) is 11.9 Å². The van der Waals surface area contributed by atoms with E-state index < -0.39 is 15.1 Å². The average molecular weight is 318 g/mol. The zero-order chi connectivity index (χ0) is 15.9. The second kappa shape index (κ2) is 8.73. The zero-order valence-corrected chi connectivity index (χ0v) is 14.2. The highest BCUT2D eigenvalue weighted by Crippen LogP contribution is 2.28. The van der Waals surface area contributed by atoms with Gasteiger partial charge in [-0.05, 0) is 32.2 Å². The van der Waals surface area contributed by atoms with Crippen molar-refractivity contribution in [3.05, 3.63) is 0 Å². The largest absolute Gasteiger partial charge is 0.341 e. The molecule has 2 atom stereocenters. The van der Waals surface area contributed by atoms with Crippen LogP contribution in [-0.2, 0) is 14.6 Å². The molecule has 1 fully saturated rings. The van der Waals surface area contributed by atoms with Crippen molar-refractivity contribution in [1.29, 1.82) is 0 Å². The highest BCUT2D eigenvalue weighted by Gasteiger charge is 2.36. The van der Waals surface area contributed by atoms with E-state index in [1.807, 2.05) is 0 Å². The third-order valence-electron chi connectivity index (χ3n) is 4.45. The first-order chi connectivity index (χ1) is 9.88. The number of carbonyl (C=O) groups excluding carboxylic acids is 1. The van der Waals surface area contributed by atoms with Gasteiger partial charge in [-0.15, -0.1) is 0 Å². The standard InChI is InChI=1S/C15H30N2O3S/c1-17(15(18)11-5-3-4-8-12-16)13-9-6-7-10-14(13)21(2,19)20/h13-14H,3-12,16H2,1-2H3. The Morgan fingerprint density at radius 2 is 1.76 bits per heavy atom. The summed E-state index contributed by atoms with van der Waals surface area (Å²) in [5.74, 6) is 0.0725. The molecule has 1 rings (SSSR count).